The van der Waals surface area contributed by atoms with Gasteiger partial charge in [-0.15, -0.1) is 0 Å². The van der Waals surface area contributed by atoms with Gasteiger partial charge >= 0.3 is 53.6 Å². The predicted molar refractivity (Wildman–Crippen MR) is 75.7 cm³/mol. The number of unbranched alkanes of at least 4 members (excludes halogenated alkanes) is 1. The van der Waals surface area contributed by atoms with Crippen molar-refractivity contribution in [3.8, 4) is 0 Å². The topological polar surface area (TPSA) is 26.3 Å². The fraction of sp³-hybridized carbons (Fsp3) is 0.800. The smallest absolute Gasteiger partial charge is 0.460 e. The lowest BCUT2D eigenvalue weighted by Crippen LogP contribution is -2.74. The van der Waals surface area contributed by atoms with Crippen molar-refractivity contribution in [3.63, 3.8) is 0 Å². The number of hydrogen-bond donors (Lipinski definition) is 0. The van der Waals surface area contributed by atoms with Crippen LogP contribution in [0.4, 0.5) is 74.6 Å². The van der Waals surface area contributed by atoms with Crippen LogP contribution in [0.1, 0.15) is 19.8 Å². The van der Waals surface area contributed by atoms with Gasteiger partial charge in [0.05, 0.1) is 6.61 Å². The van der Waals surface area contributed by atoms with E-state index in [4.69, 9.17) is 0 Å². The van der Waals surface area contributed by atoms with Crippen LogP contribution in [0.15, 0.2) is 12.2 Å². The van der Waals surface area contributed by atoms with Crippen molar-refractivity contribution in [2.24, 2.45) is 0 Å². The van der Waals surface area contributed by atoms with Crippen molar-refractivity contribution in [2.45, 2.75) is 67.4 Å². The van der Waals surface area contributed by atoms with E-state index in [1.807, 2.05) is 6.58 Å². The molecule has 0 saturated heterocycles. The first-order valence-electron chi connectivity index (χ1n) is 8.22. The summed E-state index contributed by atoms with van der Waals surface area (Å²) in [6, 6.07) is 0. The van der Waals surface area contributed by atoms with Crippen LogP contribution >= 0.6 is 0 Å². The van der Waals surface area contributed by atoms with Gasteiger partial charge in [0.15, 0.2) is 0 Å². The Morgan fingerprint density at radius 2 is 0.941 bits per heavy atom. The van der Waals surface area contributed by atoms with Crippen LogP contribution in [-0.2, 0) is 9.53 Å². The van der Waals surface area contributed by atoms with Crippen LogP contribution in [0.2, 0.25) is 0 Å². The monoisotopic (exact) mass is 546 g/mol. The van der Waals surface area contributed by atoms with Crippen molar-refractivity contribution in [1.29, 1.82) is 0 Å². The van der Waals surface area contributed by atoms with E-state index in [9.17, 15) is 79.4 Å². The number of rotatable bonds is 11. The normalized spacial score (nSPS) is 15.4. The summed E-state index contributed by atoms with van der Waals surface area (Å²) < 4.78 is 227. The summed E-state index contributed by atoms with van der Waals surface area (Å²) in [4.78, 5) is 11.2. The highest BCUT2D eigenvalue weighted by Crippen LogP contribution is 2.64. The number of ether oxygens (including phenoxy) is 1. The molecule has 0 rings (SSSR count). The number of esters is 1. The Bertz CT molecular complexity index is 765. The molecule has 0 fully saturated rings. The van der Waals surface area contributed by atoms with Gasteiger partial charge in [0, 0.05) is 0 Å². The quantitative estimate of drug-likeness (QED) is 0.122. The van der Waals surface area contributed by atoms with Crippen molar-refractivity contribution in [2.75, 3.05) is 6.61 Å². The SMILES string of the molecule is C=C(C(=O)OCCCC)C(F)(F)C(F)(F)C(F)(F)C(F)(F)C(F)(F)C(F)(F)C(F)(F)C(F)(F)F. The second-order valence-electron chi connectivity index (χ2n) is 6.49. The Kier molecular flexibility index (Phi) is 8.39. The Morgan fingerprint density at radius 1 is 0.618 bits per heavy atom. The van der Waals surface area contributed by atoms with Gasteiger partial charge in [-0.3, -0.25) is 0 Å². The van der Waals surface area contributed by atoms with Crippen molar-refractivity contribution >= 4 is 5.97 Å². The van der Waals surface area contributed by atoms with E-state index in [1.54, 1.807) is 0 Å². The molecule has 0 aliphatic rings. The molecule has 0 aromatic heterocycles. The Hall–Kier alpha value is -1.98. The van der Waals surface area contributed by atoms with Crippen LogP contribution < -0.4 is 0 Å². The van der Waals surface area contributed by atoms with Crippen LogP contribution in [0.3, 0.4) is 0 Å². The summed E-state index contributed by atoms with van der Waals surface area (Å²) in [6.45, 7) is 2.40. The minimum absolute atomic E-state index is 0.155. The minimum atomic E-state index is -8.73. The van der Waals surface area contributed by atoms with Gasteiger partial charge < -0.3 is 4.74 Å². The minimum Gasteiger partial charge on any atom is -0.462 e. The largest absolute Gasteiger partial charge is 0.462 e. The molecule has 0 amide bonds. The molecule has 0 heterocycles. The average Bonchev–Trinajstić information content (AvgIpc) is 2.65. The zero-order chi connectivity index (χ0) is 28.0. The van der Waals surface area contributed by atoms with Crippen LogP contribution in [-0.4, -0.2) is 60.2 Å². The van der Waals surface area contributed by atoms with Gasteiger partial charge in [0.2, 0.25) is 0 Å². The summed E-state index contributed by atoms with van der Waals surface area (Å²) in [5.41, 5.74) is -3.08. The first kappa shape index (κ1) is 32.0. The average molecular weight is 546 g/mol. The molecule has 2 nitrogen and oxygen atoms in total. The standard InChI is InChI=1S/C15H11F17O2/c1-3-4-5-34-7(33)6(2)8(16,17)9(18,19)10(20,21)11(22,23)12(24,25)13(26,27)14(28,29)15(30,31)32/h2-5H2,1H3. The highest BCUT2D eigenvalue weighted by Gasteiger charge is 2.95. The van der Waals surface area contributed by atoms with Gasteiger partial charge in [-0.25, -0.2) is 4.79 Å². The molecule has 0 saturated carbocycles. The summed E-state index contributed by atoms with van der Waals surface area (Å²) in [7, 11) is 0. The fourth-order valence-corrected chi connectivity index (χ4v) is 1.88. The molecule has 0 aromatic rings. The molecular formula is C15H11F17O2. The maximum Gasteiger partial charge on any atom is 0.460 e. The summed E-state index contributed by atoms with van der Waals surface area (Å²) >= 11 is 0. The number of halogens is 17. The molecular weight excluding hydrogens is 535 g/mol. The fourth-order valence-electron chi connectivity index (χ4n) is 1.88. The molecule has 0 aliphatic heterocycles. The molecule has 202 valence electrons. The lowest BCUT2D eigenvalue weighted by molar-refractivity contribution is -0.460. The summed E-state index contributed by atoms with van der Waals surface area (Å²) in [5, 5.41) is 0. The van der Waals surface area contributed by atoms with Crippen molar-refractivity contribution < 1.29 is 84.2 Å². The Balaban J connectivity index is 6.61. The lowest BCUT2D eigenvalue weighted by atomic mass is 9.87. The number of carbonyl (C=O) groups is 1. The highest BCUT2D eigenvalue weighted by atomic mass is 19.4. The Morgan fingerprint density at radius 3 is 1.26 bits per heavy atom. The Labute approximate surface area is 177 Å². The number of alkyl halides is 17. The third kappa shape index (κ3) is 4.37. The molecule has 0 aliphatic carbocycles. The van der Waals surface area contributed by atoms with Gasteiger partial charge in [-0.1, -0.05) is 19.9 Å². The van der Waals surface area contributed by atoms with E-state index in [0.717, 1.165) is 0 Å². The molecule has 0 N–H and O–H groups in total. The molecule has 0 spiro atoms. The van der Waals surface area contributed by atoms with Gasteiger partial charge in [-0.2, -0.15) is 74.6 Å². The maximum atomic E-state index is 13.8. The van der Waals surface area contributed by atoms with Crippen LogP contribution in [0, 0.1) is 0 Å². The number of hydrogen-bond acceptors (Lipinski definition) is 2. The first-order chi connectivity index (χ1) is 14.6. The van der Waals surface area contributed by atoms with E-state index in [2.05, 4.69) is 4.74 Å². The van der Waals surface area contributed by atoms with E-state index in [1.165, 1.54) is 6.92 Å². The third-order valence-electron chi connectivity index (χ3n) is 4.08. The molecule has 34 heavy (non-hydrogen) atoms. The lowest BCUT2D eigenvalue weighted by Gasteiger charge is -2.42. The van der Waals surface area contributed by atoms with E-state index < -0.39 is 65.8 Å². The van der Waals surface area contributed by atoms with E-state index >= 15 is 0 Å². The third-order valence-corrected chi connectivity index (χ3v) is 4.08. The predicted octanol–water partition coefficient (Wildman–Crippen LogP) is 6.90. The molecule has 0 bridgehead atoms. The molecule has 0 aromatic carbocycles. The summed E-state index contributed by atoms with van der Waals surface area (Å²) in [5.74, 6) is -60.4. The molecule has 0 atom stereocenters. The zero-order valence-electron chi connectivity index (χ0n) is 16.1. The van der Waals surface area contributed by atoms with Crippen molar-refractivity contribution in [3.05, 3.63) is 12.2 Å². The highest BCUT2D eigenvalue weighted by molar-refractivity contribution is 5.90. The molecule has 0 radical (unpaired) electrons. The second kappa shape index (κ2) is 8.91. The maximum absolute atomic E-state index is 13.8. The van der Waals surface area contributed by atoms with E-state index in [-0.39, 0.29) is 12.8 Å². The zero-order valence-corrected chi connectivity index (χ0v) is 16.1. The number of carbonyl (C=O) groups excluding carboxylic acids is 1. The van der Waals surface area contributed by atoms with Gasteiger partial charge in [-0.05, 0) is 6.42 Å². The van der Waals surface area contributed by atoms with Gasteiger partial charge in [0.25, 0.3) is 0 Å². The van der Waals surface area contributed by atoms with Crippen molar-refractivity contribution in [1.82, 2.24) is 0 Å². The van der Waals surface area contributed by atoms with Crippen LogP contribution in [0.5, 0.6) is 0 Å². The molecule has 0 unspecified atom stereocenters. The van der Waals surface area contributed by atoms with E-state index in [0.29, 0.717) is 0 Å². The second-order valence-corrected chi connectivity index (χ2v) is 6.49. The van der Waals surface area contributed by atoms with Gasteiger partial charge in [0.1, 0.15) is 5.57 Å². The summed E-state index contributed by atoms with van der Waals surface area (Å²) in [6.07, 6.45) is -7.83. The molecule has 19 heteroatoms. The van der Waals surface area contributed by atoms with Crippen LogP contribution in [0.25, 0.3) is 0 Å². The first-order valence-corrected chi connectivity index (χ1v) is 8.22.